The predicted octanol–water partition coefficient (Wildman–Crippen LogP) is 3.73. The number of hydrogen-bond donors (Lipinski definition) is 0. The number of pyridine rings is 1. The molecule has 0 saturated heterocycles. The molecule has 0 aliphatic heterocycles. The van der Waals surface area contributed by atoms with Gasteiger partial charge in [0.05, 0.1) is 22.3 Å². The zero-order valence-electron chi connectivity index (χ0n) is 12.5. The number of aromatic nitrogens is 2. The molecule has 0 radical (unpaired) electrons. The molecule has 0 unspecified atom stereocenters. The molecule has 0 N–H and O–H groups in total. The largest absolute Gasteiger partial charge is 0.298 e. The van der Waals surface area contributed by atoms with Crippen molar-refractivity contribution in [2.75, 3.05) is 0 Å². The number of carbonyl (C=O) groups excluding carboxylic acids is 1. The van der Waals surface area contributed by atoms with E-state index in [2.05, 4.69) is 42.6 Å². The predicted molar refractivity (Wildman–Crippen MR) is 85.5 cm³/mol. The molecular weight excluding hydrogens is 280 g/mol. The lowest BCUT2D eigenvalue weighted by molar-refractivity contribution is 0.112. The van der Waals surface area contributed by atoms with Crippen LogP contribution in [0.15, 0.2) is 23.8 Å². The van der Waals surface area contributed by atoms with Gasteiger partial charge >= 0.3 is 0 Å². The van der Waals surface area contributed by atoms with Crippen LogP contribution < -0.4 is 0 Å². The van der Waals surface area contributed by atoms with Crippen molar-refractivity contribution in [1.82, 2.24) is 9.97 Å². The van der Waals surface area contributed by atoms with Gasteiger partial charge in [-0.3, -0.25) is 9.78 Å². The number of rotatable bonds is 4. The first kappa shape index (κ1) is 15.4. The Morgan fingerprint density at radius 3 is 2.76 bits per heavy atom. The highest BCUT2D eigenvalue weighted by Crippen LogP contribution is 2.25. The average molecular weight is 298 g/mol. The van der Waals surface area contributed by atoms with Crippen molar-refractivity contribution >= 4 is 17.6 Å². The molecule has 0 aromatic carbocycles. The maximum Gasteiger partial charge on any atom is 0.151 e. The molecular formula is C17H18N2OS. The van der Waals surface area contributed by atoms with Gasteiger partial charge in [0.2, 0.25) is 0 Å². The van der Waals surface area contributed by atoms with Crippen LogP contribution in [0.3, 0.4) is 0 Å². The quantitative estimate of drug-likeness (QED) is 0.638. The Kier molecular flexibility index (Phi) is 4.87. The topological polar surface area (TPSA) is 42.9 Å². The molecule has 0 fully saturated rings. The summed E-state index contributed by atoms with van der Waals surface area (Å²) in [5.41, 5.74) is 4.04. The minimum Gasteiger partial charge on any atom is -0.298 e. The Balaban J connectivity index is 2.31. The number of aldehydes is 1. The molecule has 0 atom stereocenters. The van der Waals surface area contributed by atoms with Crippen molar-refractivity contribution in [3.05, 3.63) is 45.7 Å². The van der Waals surface area contributed by atoms with Gasteiger partial charge in [-0.15, -0.1) is 11.3 Å². The van der Waals surface area contributed by atoms with E-state index in [9.17, 15) is 4.79 Å². The molecule has 0 aliphatic carbocycles. The Morgan fingerprint density at radius 2 is 2.14 bits per heavy atom. The molecule has 108 valence electrons. The maximum atomic E-state index is 11.2. The Labute approximate surface area is 129 Å². The summed E-state index contributed by atoms with van der Waals surface area (Å²) < 4.78 is 0. The van der Waals surface area contributed by atoms with E-state index in [0.717, 1.165) is 29.7 Å². The minimum absolute atomic E-state index is 0.120. The normalized spacial score (nSPS) is 10.8. The molecule has 0 bridgehead atoms. The molecule has 21 heavy (non-hydrogen) atoms. The molecule has 0 spiro atoms. The van der Waals surface area contributed by atoms with Gasteiger partial charge in [0.1, 0.15) is 5.69 Å². The third kappa shape index (κ3) is 4.24. The maximum absolute atomic E-state index is 11.2. The van der Waals surface area contributed by atoms with E-state index in [1.807, 2.05) is 0 Å². The lowest BCUT2D eigenvalue weighted by atomic mass is 9.84. The van der Waals surface area contributed by atoms with Crippen molar-refractivity contribution < 1.29 is 4.79 Å². The van der Waals surface area contributed by atoms with E-state index in [4.69, 9.17) is 0 Å². The van der Waals surface area contributed by atoms with Crippen LogP contribution in [0.5, 0.6) is 0 Å². The van der Waals surface area contributed by atoms with E-state index < -0.39 is 0 Å². The third-order valence-electron chi connectivity index (χ3n) is 3.49. The van der Waals surface area contributed by atoms with Crippen LogP contribution in [0.1, 0.15) is 53.8 Å². The zero-order chi connectivity index (χ0) is 15.3. The van der Waals surface area contributed by atoms with E-state index in [-0.39, 0.29) is 5.41 Å². The van der Waals surface area contributed by atoms with Gasteiger partial charge in [0.15, 0.2) is 6.29 Å². The monoisotopic (exact) mass is 298 g/mol. The van der Waals surface area contributed by atoms with Gasteiger partial charge in [-0.25, -0.2) is 4.98 Å². The van der Waals surface area contributed by atoms with Gasteiger partial charge in [-0.1, -0.05) is 27.2 Å². The smallest absolute Gasteiger partial charge is 0.151 e. The second-order valence-electron chi connectivity index (χ2n) is 5.66. The van der Waals surface area contributed by atoms with Gasteiger partial charge in [-0.2, -0.15) is 0 Å². The molecule has 3 nitrogen and oxygen atoms in total. The van der Waals surface area contributed by atoms with Gasteiger partial charge < -0.3 is 0 Å². The van der Waals surface area contributed by atoms with E-state index >= 15 is 0 Å². The van der Waals surface area contributed by atoms with Crippen LogP contribution in [0.25, 0.3) is 0 Å². The zero-order valence-corrected chi connectivity index (χ0v) is 13.3. The minimum atomic E-state index is 0.120. The standard InChI is InChI=1S/C17H18N2OS/c1-4-17(2,3)9-16-13(11-20)5-6-14(19-16)7-8-15-10-18-12-21-15/h5-6,10-12H,4,9H2,1-3H3. The Bertz CT molecular complexity index is 679. The highest BCUT2D eigenvalue weighted by Gasteiger charge is 2.19. The van der Waals surface area contributed by atoms with E-state index in [1.54, 1.807) is 23.8 Å². The highest BCUT2D eigenvalue weighted by atomic mass is 32.1. The van der Waals surface area contributed by atoms with Crippen molar-refractivity contribution in [2.24, 2.45) is 5.41 Å². The fraction of sp³-hybridized carbons (Fsp3) is 0.353. The van der Waals surface area contributed by atoms with Crippen LogP contribution >= 0.6 is 11.3 Å². The van der Waals surface area contributed by atoms with Gasteiger partial charge in [-0.05, 0) is 35.8 Å². The number of nitrogens with zero attached hydrogens (tertiary/aromatic N) is 2. The van der Waals surface area contributed by atoms with E-state index in [0.29, 0.717) is 11.3 Å². The first-order valence-electron chi connectivity index (χ1n) is 6.89. The Morgan fingerprint density at radius 1 is 1.33 bits per heavy atom. The second kappa shape index (κ2) is 6.64. The van der Waals surface area contributed by atoms with Crippen LogP contribution in [0.4, 0.5) is 0 Å². The number of carbonyl (C=O) groups is 1. The van der Waals surface area contributed by atoms with Crippen LogP contribution in [0.2, 0.25) is 0 Å². The van der Waals surface area contributed by atoms with Crippen LogP contribution in [-0.4, -0.2) is 16.3 Å². The first-order valence-corrected chi connectivity index (χ1v) is 7.77. The van der Waals surface area contributed by atoms with Crippen molar-refractivity contribution in [1.29, 1.82) is 0 Å². The van der Waals surface area contributed by atoms with Crippen LogP contribution in [-0.2, 0) is 6.42 Å². The third-order valence-corrected chi connectivity index (χ3v) is 4.17. The molecule has 4 heteroatoms. The second-order valence-corrected chi connectivity index (χ2v) is 6.55. The first-order chi connectivity index (χ1) is 10.0. The highest BCUT2D eigenvalue weighted by molar-refractivity contribution is 7.10. The van der Waals surface area contributed by atoms with E-state index in [1.165, 1.54) is 11.3 Å². The van der Waals surface area contributed by atoms with Gasteiger partial charge in [0, 0.05) is 5.56 Å². The fourth-order valence-electron chi connectivity index (χ4n) is 1.81. The lowest BCUT2D eigenvalue weighted by Crippen LogP contribution is -2.16. The molecule has 0 aliphatic rings. The summed E-state index contributed by atoms with van der Waals surface area (Å²) in [6.45, 7) is 6.51. The number of thiazole rings is 1. The summed E-state index contributed by atoms with van der Waals surface area (Å²) >= 11 is 1.50. The SMILES string of the molecule is CCC(C)(C)Cc1nc(C#Cc2cncs2)ccc1C=O. The summed E-state index contributed by atoms with van der Waals surface area (Å²) in [6.07, 6.45) is 4.41. The van der Waals surface area contributed by atoms with Crippen LogP contribution in [0, 0.1) is 17.3 Å². The fourth-order valence-corrected chi connectivity index (χ4v) is 2.28. The summed E-state index contributed by atoms with van der Waals surface area (Å²) in [7, 11) is 0. The van der Waals surface area contributed by atoms with Gasteiger partial charge in [0.25, 0.3) is 0 Å². The molecule has 2 aromatic rings. The summed E-state index contributed by atoms with van der Waals surface area (Å²) in [6, 6.07) is 3.60. The number of hydrogen-bond acceptors (Lipinski definition) is 4. The molecule has 2 heterocycles. The molecule has 0 amide bonds. The van der Waals surface area contributed by atoms with Crippen molar-refractivity contribution in [3.8, 4) is 11.8 Å². The molecule has 2 rings (SSSR count). The summed E-state index contributed by atoms with van der Waals surface area (Å²) in [5, 5.41) is 0. The molecule has 0 saturated carbocycles. The average Bonchev–Trinajstić information content (AvgIpc) is 2.98. The van der Waals surface area contributed by atoms with Crippen molar-refractivity contribution in [3.63, 3.8) is 0 Å². The summed E-state index contributed by atoms with van der Waals surface area (Å²) in [5.74, 6) is 6.07. The molecule has 2 aromatic heterocycles. The lowest BCUT2D eigenvalue weighted by Gasteiger charge is -2.22. The Hall–Kier alpha value is -1.99. The van der Waals surface area contributed by atoms with Crippen molar-refractivity contribution in [2.45, 2.75) is 33.6 Å². The summed E-state index contributed by atoms with van der Waals surface area (Å²) in [4.78, 5) is 20.6.